The average Bonchev–Trinajstić information content (AvgIpc) is 2.86. The molecule has 2 N–H and O–H groups in total. The van der Waals surface area contributed by atoms with E-state index in [0.717, 1.165) is 0 Å². The van der Waals surface area contributed by atoms with Crippen LogP contribution in [0, 0.1) is 0 Å². The molecule has 7 heteroatoms. The number of methoxy groups -OCH3 is 1. The number of hydrogen-bond acceptors (Lipinski definition) is 7. The summed E-state index contributed by atoms with van der Waals surface area (Å²) in [6, 6.07) is 4.10. The summed E-state index contributed by atoms with van der Waals surface area (Å²) >= 11 is 0. The molecule has 0 saturated carbocycles. The van der Waals surface area contributed by atoms with E-state index in [1.165, 1.54) is 18.2 Å². The molecule has 0 atom stereocenters. The summed E-state index contributed by atoms with van der Waals surface area (Å²) in [4.78, 5) is 4.17. The van der Waals surface area contributed by atoms with Crippen LogP contribution in [0.2, 0.25) is 0 Å². The Morgan fingerprint density at radius 3 is 2.55 bits per heavy atom. The third kappa shape index (κ3) is 3.94. The van der Waals surface area contributed by atoms with Gasteiger partial charge in [-0.1, -0.05) is 5.16 Å². The maximum atomic E-state index is 9.40. The number of benzene rings is 1. The second-order valence-corrected chi connectivity index (χ2v) is 4.11. The highest BCUT2D eigenvalue weighted by Crippen LogP contribution is 2.27. The molecule has 7 nitrogen and oxygen atoms in total. The smallest absolute Gasteiger partial charge is 0.258 e. The first kappa shape index (κ1) is 14.3. The molecule has 0 saturated heterocycles. The van der Waals surface area contributed by atoms with Gasteiger partial charge in [0.15, 0.2) is 5.82 Å². The molecule has 0 aliphatic rings. The van der Waals surface area contributed by atoms with Gasteiger partial charge in [-0.3, -0.25) is 0 Å². The van der Waals surface area contributed by atoms with E-state index in [-0.39, 0.29) is 17.4 Å². The zero-order valence-electron chi connectivity index (χ0n) is 11.1. The van der Waals surface area contributed by atoms with Crippen LogP contribution in [0.4, 0.5) is 0 Å². The van der Waals surface area contributed by atoms with Gasteiger partial charge in [-0.25, -0.2) is 0 Å². The van der Waals surface area contributed by atoms with Gasteiger partial charge in [-0.2, -0.15) is 4.98 Å². The van der Waals surface area contributed by atoms with Crippen molar-refractivity contribution in [1.29, 1.82) is 0 Å². The maximum Gasteiger partial charge on any atom is 0.258 e. The minimum absolute atomic E-state index is 0.0670. The highest BCUT2D eigenvalue weighted by atomic mass is 16.5. The molecule has 108 valence electrons. The molecule has 1 aromatic carbocycles. The van der Waals surface area contributed by atoms with Crippen molar-refractivity contribution in [2.75, 3.05) is 26.9 Å². The predicted octanol–water partition coefficient (Wildman–Crippen LogP) is 1.35. The molecule has 2 aromatic rings. The fraction of sp³-hybridized carbons (Fsp3) is 0.385. The second-order valence-electron chi connectivity index (χ2n) is 4.11. The van der Waals surface area contributed by atoms with E-state index in [4.69, 9.17) is 14.0 Å². The van der Waals surface area contributed by atoms with E-state index in [9.17, 15) is 10.2 Å². The highest BCUT2D eigenvalue weighted by molar-refractivity contribution is 5.58. The van der Waals surface area contributed by atoms with Crippen LogP contribution in [0.25, 0.3) is 11.5 Å². The third-order valence-corrected chi connectivity index (χ3v) is 2.52. The van der Waals surface area contributed by atoms with Gasteiger partial charge in [0.1, 0.15) is 11.5 Å². The monoisotopic (exact) mass is 280 g/mol. The van der Waals surface area contributed by atoms with Gasteiger partial charge < -0.3 is 24.2 Å². The summed E-state index contributed by atoms with van der Waals surface area (Å²) in [6.07, 6.45) is 0.512. The summed E-state index contributed by atoms with van der Waals surface area (Å²) in [5.41, 5.74) is 0.460. The largest absolute Gasteiger partial charge is 0.508 e. The van der Waals surface area contributed by atoms with Crippen molar-refractivity contribution in [3.05, 3.63) is 24.0 Å². The zero-order chi connectivity index (χ0) is 14.4. The third-order valence-electron chi connectivity index (χ3n) is 2.52. The first-order valence-electron chi connectivity index (χ1n) is 6.11. The van der Waals surface area contributed by atoms with Crippen LogP contribution in [0.1, 0.15) is 5.82 Å². The Morgan fingerprint density at radius 2 is 1.85 bits per heavy atom. The highest BCUT2D eigenvalue weighted by Gasteiger charge is 2.10. The molecule has 0 radical (unpaired) electrons. The summed E-state index contributed by atoms with van der Waals surface area (Å²) in [6.45, 7) is 1.52. The Bertz CT molecular complexity index is 535. The SMILES string of the molecule is COCCOCCc1noc(-c2cc(O)cc(O)c2)n1. The standard InChI is InChI=1S/C13H16N2O5/c1-18-4-5-19-3-2-12-14-13(20-15-12)9-6-10(16)8-11(17)7-9/h6-8,16-17H,2-5H2,1H3. The lowest BCUT2D eigenvalue weighted by molar-refractivity contribution is 0.0714. The van der Waals surface area contributed by atoms with Crippen molar-refractivity contribution in [2.45, 2.75) is 6.42 Å². The average molecular weight is 280 g/mol. The van der Waals surface area contributed by atoms with E-state index >= 15 is 0 Å². The quantitative estimate of drug-likeness (QED) is 0.739. The first-order valence-corrected chi connectivity index (χ1v) is 6.11. The molecule has 20 heavy (non-hydrogen) atoms. The van der Waals surface area contributed by atoms with Crippen LogP contribution in [-0.2, 0) is 15.9 Å². The fourth-order valence-corrected chi connectivity index (χ4v) is 1.60. The molecule has 0 spiro atoms. The van der Waals surface area contributed by atoms with E-state index in [1.54, 1.807) is 7.11 Å². The Morgan fingerprint density at radius 1 is 1.10 bits per heavy atom. The zero-order valence-corrected chi connectivity index (χ0v) is 11.1. The van der Waals surface area contributed by atoms with E-state index in [2.05, 4.69) is 10.1 Å². The van der Waals surface area contributed by atoms with Crippen LogP contribution >= 0.6 is 0 Å². The molecular formula is C13H16N2O5. The molecule has 0 bridgehead atoms. The van der Waals surface area contributed by atoms with Gasteiger partial charge in [0, 0.05) is 25.2 Å². The normalized spacial score (nSPS) is 10.8. The molecule has 0 fully saturated rings. The lowest BCUT2D eigenvalue weighted by Gasteiger charge is -2.00. The Hall–Kier alpha value is -2.12. The number of rotatable bonds is 7. The maximum absolute atomic E-state index is 9.40. The van der Waals surface area contributed by atoms with Crippen LogP contribution < -0.4 is 0 Å². The molecule has 0 unspecified atom stereocenters. The number of phenols is 2. The van der Waals surface area contributed by atoms with Gasteiger partial charge in [0.25, 0.3) is 5.89 Å². The number of ether oxygens (including phenoxy) is 2. The van der Waals surface area contributed by atoms with Gasteiger partial charge in [-0.15, -0.1) is 0 Å². The number of phenolic OH excluding ortho intramolecular Hbond substituents is 2. The number of nitrogens with zero attached hydrogens (tertiary/aromatic N) is 2. The Balaban J connectivity index is 1.94. The van der Waals surface area contributed by atoms with Crippen molar-refractivity contribution < 1.29 is 24.2 Å². The van der Waals surface area contributed by atoms with Crippen LogP contribution in [0.3, 0.4) is 0 Å². The molecule has 1 aromatic heterocycles. The minimum Gasteiger partial charge on any atom is -0.508 e. The summed E-state index contributed by atoms with van der Waals surface area (Å²) < 4.78 is 15.2. The van der Waals surface area contributed by atoms with Gasteiger partial charge >= 0.3 is 0 Å². The van der Waals surface area contributed by atoms with Crippen molar-refractivity contribution in [3.63, 3.8) is 0 Å². The summed E-state index contributed by atoms with van der Waals surface area (Å²) in [5, 5.41) is 22.6. The van der Waals surface area contributed by atoms with E-state index < -0.39 is 0 Å². The Labute approximate surface area is 115 Å². The van der Waals surface area contributed by atoms with Gasteiger partial charge in [0.2, 0.25) is 0 Å². The first-order chi connectivity index (χ1) is 9.69. The van der Waals surface area contributed by atoms with Crippen LogP contribution in [0.5, 0.6) is 11.5 Å². The van der Waals surface area contributed by atoms with Crippen molar-refractivity contribution in [2.24, 2.45) is 0 Å². The summed E-state index contributed by atoms with van der Waals surface area (Å²) in [7, 11) is 1.61. The number of hydrogen-bond donors (Lipinski definition) is 2. The predicted molar refractivity (Wildman–Crippen MR) is 69.5 cm³/mol. The van der Waals surface area contributed by atoms with Crippen molar-refractivity contribution >= 4 is 0 Å². The fourth-order valence-electron chi connectivity index (χ4n) is 1.60. The molecule has 0 aliphatic carbocycles. The van der Waals surface area contributed by atoms with Crippen LogP contribution in [-0.4, -0.2) is 47.3 Å². The van der Waals surface area contributed by atoms with E-state index in [0.29, 0.717) is 37.6 Å². The molecule has 0 aliphatic heterocycles. The molecular weight excluding hydrogens is 264 g/mol. The lowest BCUT2D eigenvalue weighted by atomic mass is 10.2. The number of aromatic nitrogens is 2. The molecule has 0 amide bonds. The topological polar surface area (TPSA) is 97.8 Å². The Kier molecular flexibility index (Phi) is 4.91. The lowest BCUT2D eigenvalue weighted by Crippen LogP contribution is -2.05. The summed E-state index contributed by atoms with van der Waals surface area (Å²) in [5.74, 6) is 0.605. The number of aromatic hydroxyl groups is 2. The second kappa shape index (κ2) is 6.88. The molecule has 2 rings (SSSR count). The van der Waals surface area contributed by atoms with Gasteiger partial charge in [-0.05, 0) is 12.1 Å². The minimum atomic E-state index is -0.0670. The van der Waals surface area contributed by atoms with Crippen LogP contribution in [0.15, 0.2) is 22.7 Å². The van der Waals surface area contributed by atoms with Crippen molar-refractivity contribution in [3.8, 4) is 23.0 Å². The van der Waals surface area contributed by atoms with E-state index in [1.807, 2.05) is 0 Å². The molecule has 1 heterocycles. The van der Waals surface area contributed by atoms with Crippen molar-refractivity contribution in [1.82, 2.24) is 10.1 Å². The van der Waals surface area contributed by atoms with Gasteiger partial charge in [0.05, 0.1) is 19.8 Å².